The van der Waals surface area contributed by atoms with Crippen LogP contribution < -0.4 is 10.1 Å². The van der Waals surface area contributed by atoms with E-state index in [0.717, 1.165) is 11.6 Å². The molecule has 0 saturated carbocycles. The molecular weight excluding hydrogens is 376 g/mol. The van der Waals surface area contributed by atoms with Gasteiger partial charge in [0.15, 0.2) is 6.61 Å². The first-order valence-corrected chi connectivity index (χ1v) is 8.32. The Bertz CT molecular complexity index is 855. The van der Waals surface area contributed by atoms with Crippen LogP contribution >= 0.6 is 11.6 Å². The molecule has 0 saturated heterocycles. The molecule has 1 amide bonds. The number of nitro benzene ring substituents is 1. The van der Waals surface area contributed by atoms with E-state index in [2.05, 4.69) is 5.32 Å². The number of para-hydroxylation sites is 1. The van der Waals surface area contributed by atoms with Crippen LogP contribution in [0.5, 0.6) is 5.75 Å². The van der Waals surface area contributed by atoms with Gasteiger partial charge >= 0.3 is 5.97 Å². The topological polar surface area (TPSA) is 108 Å². The Morgan fingerprint density at radius 3 is 2.67 bits per heavy atom. The van der Waals surface area contributed by atoms with Crippen molar-refractivity contribution in [2.75, 3.05) is 18.5 Å². The smallest absolute Gasteiger partial charge is 0.309 e. The summed E-state index contributed by atoms with van der Waals surface area (Å²) in [5, 5.41) is 13.5. The standard InChI is InChI=1S/C18H17ClN2O6/c1-12-4-2-3-5-16(12)26-9-8-18(23)27-11-17(22)20-14-7-6-13(19)10-15(14)21(24)25/h2-7,10H,8-9,11H2,1H3,(H,20,22). The van der Waals surface area contributed by atoms with Crippen LogP contribution in [0.3, 0.4) is 0 Å². The molecule has 2 aromatic carbocycles. The number of carbonyl (C=O) groups excluding carboxylic acids is 2. The third-order valence-electron chi connectivity index (χ3n) is 3.45. The van der Waals surface area contributed by atoms with Gasteiger partial charge in [-0.15, -0.1) is 0 Å². The number of amides is 1. The number of esters is 1. The summed E-state index contributed by atoms with van der Waals surface area (Å²) in [6.07, 6.45) is -0.0390. The number of hydrogen-bond donors (Lipinski definition) is 1. The first-order chi connectivity index (χ1) is 12.9. The Morgan fingerprint density at radius 2 is 1.96 bits per heavy atom. The number of anilines is 1. The van der Waals surface area contributed by atoms with E-state index >= 15 is 0 Å². The zero-order valence-electron chi connectivity index (χ0n) is 14.4. The summed E-state index contributed by atoms with van der Waals surface area (Å²) in [5.41, 5.74) is 0.553. The van der Waals surface area contributed by atoms with Crippen LogP contribution in [-0.2, 0) is 14.3 Å². The summed E-state index contributed by atoms with van der Waals surface area (Å²) in [7, 11) is 0. The molecule has 1 N–H and O–H groups in total. The molecular formula is C18H17ClN2O6. The minimum atomic E-state index is -0.700. The summed E-state index contributed by atoms with van der Waals surface area (Å²) >= 11 is 5.70. The van der Waals surface area contributed by atoms with Gasteiger partial charge in [0.25, 0.3) is 11.6 Å². The van der Waals surface area contributed by atoms with E-state index in [-0.39, 0.29) is 29.4 Å². The Kier molecular flexibility index (Phi) is 7.13. The normalized spacial score (nSPS) is 10.1. The maximum atomic E-state index is 11.8. The fraction of sp³-hybridized carbons (Fsp3) is 0.222. The number of nitrogens with one attached hydrogen (secondary N) is 1. The van der Waals surface area contributed by atoms with E-state index in [1.165, 1.54) is 12.1 Å². The molecule has 2 rings (SSSR count). The summed E-state index contributed by atoms with van der Waals surface area (Å²) in [5.74, 6) is -0.656. The SMILES string of the molecule is Cc1ccccc1OCCC(=O)OCC(=O)Nc1ccc(Cl)cc1[N+](=O)[O-]. The van der Waals surface area contributed by atoms with Crippen molar-refractivity contribution in [1.82, 2.24) is 0 Å². The number of nitro groups is 1. The van der Waals surface area contributed by atoms with Crippen molar-refractivity contribution in [3.05, 3.63) is 63.2 Å². The first-order valence-electron chi connectivity index (χ1n) is 7.94. The third kappa shape index (κ3) is 6.27. The molecule has 0 atom stereocenters. The molecule has 0 aliphatic rings. The van der Waals surface area contributed by atoms with Crippen molar-refractivity contribution in [2.24, 2.45) is 0 Å². The van der Waals surface area contributed by atoms with Gasteiger partial charge in [0.1, 0.15) is 11.4 Å². The van der Waals surface area contributed by atoms with Crippen molar-refractivity contribution < 1.29 is 24.0 Å². The average Bonchev–Trinajstić information content (AvgIpc) is 2.63. The molecule has 0 aliphatic carbocycles. The summed E-state index contributed by atoms with van der Waals surface area (Å²) in [6, 6.07) is 11.2. The van der Waals surface area contributed by atoms with Gasteiger partial charge < -0.3 is 14.8 Å². The Morgan fingerprint density at radius 1 is 1.22 bits per heavy atom. The molecule has 0 unspecified atom stereocenters. The molecule has 9 heteroatoms. The van der Waals surface area contributed by atoms with E-state index in [0.29, 0.717) is 5.75 Å². The van der Waals surface area contributed by atoms with Gasteiger partial charge in [0, 0.05) is 11.1 Å². The third-order valence-corrected chi connectivity index (χ3v) is 3.69. The Hall–Kier alpha value is -3.13. The fourth-order valence-corrected chi connectivity index (χ4v) is 2.30. The van der Waals surface area contributed by atoms with Crippen LogP contribution in [0.25, 0.3) is 0 Å². The number of benzene rings is 2. The lowest BCUT2D eigenvalue weighted by molar-refractivity contribution is -0.383. The molecule has 8 nitrogen and oxygen atoms in total. The van der Waals surface area contributed by atoms with Gasteiger partial charge in [-0.1, -0.05) is 29.8 Å². The molecule has 0 heterocycles. The summed E-state index contributed by atoms with van der Waals surface area (Å²) in [6.45, 7) is 1.42. The van der Waals surface area contributed by atoms with E-state index in [4.69, 9.17) is 21.1 Å². The van der Waals surface area contributed by atoms with Crippen LogP contribution in [0, 0.1) is 17.0 Å². The van der Waals surface area contributed by atoms with Crippen molar-refractivity contribution in [3.8, 4) is 5.75 Å². The lowest BCUT2D eigenvalue weighted by atomic mass is 10.2. The zero-order chi connectivity index (χ0) is 19.8. The lowest BCUT2D eigenvalue weighted by Gasteiger charge is -2.09. The number of ether oxygens (including phenoxy) is 2. The maximum absolute atomic E-state index is 11.8. The highest BCUT2D eigenvalue weighted by Crippen LogP contribution is 2.27. The van der Waals surface area contributed by atoms with Gasteiger partial charge in [-0.2, -0.15) is 0 Å². The van der Waals surface area contributed by atoms with E-state index in [1.807, 2.05) is 25.1 Å². The maximum Gasteiger partial charge on any atom is 0.309 e. The van der Waals surface area contributed by atoms with Crippen LogP contribution in [-0.4, -0.2) is 30.0 Å². The van der Waals surface area contributed by atoms with Crippen LogP contribution in [0.4, 0.5) is 11.4 Å². The molecule has 0 bridgehead atoms. The first kappa shape index (κ1) is 20.2. The van der Waals surface area contributed by atoms with Gasteiger partial charge in [-0.05, 0) is 30.7 Å². The second-order valence-corrected chi connectivity index (χ2v) is 5.93. The van der Waals surface area contributed by atoms with Crippen LogP contribution in [0.2, 0.25) is 5.02 Å². The minimum absolute atomic E-state index is 0.0339. The highest BCUT2D eigenvalue weighted by Gasteiger charge is 2.17. The lowest BCUT2D eigenvalue weighted by Crippen LogP contribution is -2.22. The van der Waals surface area contributed by atoms with Crippen molar-refractivity contribution >= 4 is 34.9 Å². The second kappa shape index (κ2) is 9.54. The van der Waals surface area contributed by atoms with Crippen LogP contribution in [0.15, 0.2) is 42.5 Å². The van der Waals surface area contributed by atoms with E-state index in [9.17, 15) is 19.7 Å². The predicted octanol–water partition coefficient (Wildman–Crippen LogP) is 3.51. The molecule has 27 heavy (non-hydrogen) atoms. The van der Waals surface area contributed by atoms with Gasteiger partial charge in [0.05, 0.1) is 18.0 Å². The van der Waals surface area contributed by atoms with Gasteiger partial charge in [-0.25, -0.2) is 0 Å². The van der Waals surface area contributed by atoms with Crippen molar-refractivity contribution in [2.45, 2.75) is 13.3 Å². The molecule has 0 spiro atoms. The second-order valence-electron chi connectivity index (χ2n) is 5.49. The highest BCUT2D eigenvalue weighted by molar-refractivity contribution is 6.31. The van der Waals surface area contributed by atoms with Crippen molar-refractivity contribution in [3.63, 3.8) is 0 Å². The van der Waals surface area contributed by atoms with Crippen LogP contribution in [0.1, 0.15) is 12.0 Å². The monoisotopic (exact) mass is 392 g/mol. The zero-order valence-corrected chi connectivity index (χ0v) is 15.2. The number of nitrogens with zero attached hydrogens (tertiary/aromatic N) is 1. The molecule has 0 radical (unpaired) electrons. The largest absolute Gasteiger partial charge is 0.493 e. The Labute approximate surface area is 160 Å². The molecule has 0 aromatic heterocycles. The van der Waals surface area contributed by atoms with Gasteiger partial charge in [0.2, 0.25) is 0 Å². The number of aryl methyl sites for hydroxylation is 1. The van der Waals surface area contributed by atoms with E-state index < -0.39 is 23.4 Å². The number of carbonyl (C=O) groups is 2. The van der Waals surface area contributed by atoms with E-state index in [1.54, 1.807) is 6.07 Å². The number of hydrogen-bond acceptors (Lipinski definition) is 6. The van der Waals surface area contributed by atoms with Gasteiger partial charge in [-0.3, -0.25) is 19.7 Å². The quantitative estimate of drug-likeness (QED) is 0.418. The predicted molar refractivity (Wildman–Crippen MR) is 99.0 cm³/mol. The molecule has 2 aromatic rings. The minimum Gasteiger partial charge on any atom is -0.493 e. The van der Waals surface area contributed by atoms with Crippen molar-refractivity contribution in [1.29, 1.82) is 0 Å². The molecule has 0 fully saturated rings. The highest BCUT2D eigenvalue weighted by atomic mass is 35.5. The molecule has 0 aliphatic heterocycles. The average molecular weight is 393 g/mol. The summed E-state index contributed by atoms with van der Waals surface area (Å²) in [4.78, 5) is 33.8. The molecule has 142 valence electrons. The number of halogens is 1. The Balaban J connectivity index is 1.78. The fourth-order valence-electron chi connectivity index (χ4n) is 2.13. The number of rotatable bonds is 8. The summed E-state index contributed by atoms with van der Waals surface area (Å²) < 4.78 is 10.3.